The number of ether oxygens (including phenoxy) is 1. The minimum Gasteiger partial charge on any atom is -0.484 e. The summed E-state index contributed by atoms with van der Waals surface area (Å²) in [5.74, 6) is 2.45. The van der Waals surface area contributed by atoms with Crippen LogP contribution in [0.3, 0.4) is 0 Å². The minimum atomic E-state index is 0.432. The molecule has 7 heteroatoms. The van der Waals surface area contributed by atoms with Crippen molar-refractivity contribution < 1.29 is 4.74 Å². The zero-order chi connectivity index (χ0) is 15.8. The summed E-state index contributed by atoms with van der Waals surface area (Å²) in [6.45, 7) is 4.36. The van der Waals surface area contributed by atoms with Crippen molar-refractivity contribution in [2.75, 3.05) is 0 Å². The van der Waals surface area contributed by atoms with Gasteiger partial charge in [-0.25, -0.2) is 9.67 Å². The topological polar surface area (TPSA) is 57.8 Å². The molecule has 1 aromatic carbocycles. The number of nitrogens with zero attached hydrogens (tertiary/aromatic N) is 5. The molecule has 0 bridgehead atoms. The molecule has 4 rings (SSSR count). The fourth-order valence-corrected chi connectivity index (χ4v) is 3.22. The molecule has 1 saturated carbocycles. The Kier molecular flexibility index (Phi) is 3.80. The number of benzene rings is 1. The molecule has 1 aliphatic carbocycles. The maximum absolute atomic E-state index is 5.93. The first-order valence-corrected chi connectivity index (χ1v) is 8.70. The van der Waals surface area contributed by atoms with E-state index in [0.29, 0.717) is 6.61 Å². The van der Waals surface area contributed by atoms with Crippen molar-refractivity contribution in [1.82, 2.24) is 24.5 Å². The van der Waals surface area contributed by atoms with Crippen LogP contribution in [-0.2, 0) is 19.7 Å². The third kappa shape index (κ3) is 2.85. The van der Waals surface area contributed by atoms with Crippen LogP contribution in [0.15, 0.2) is 29.0 Å². The molecule has 0 saturated heterocycles. The molecule has 23 heavy (non-hydrogen) atoms. The fraction of sp³-hybridized carbons (Fsp3) is 0.438. The predicted molar refractivity (Wildman–Crippen MR) is 90.2 cm³/mol. The van der Waals surface area contributed by atoms with Crippen LogP contribution < -0.4 is 4.74 Å². The summed E-state index contributed by atoms with van der Waals surface area (Å²) < 4.78 is 10.8. The molecule has 0 spiro atoms. The van der Waals surface area contributed by atoms with Gasteiger partial charge < -0.3 is 9.30 Å². The number of aromatic nitrogens is 5. The Morgan fingerprint density at radius 1 is 1.35 bits per heavy atom. The minimum absolute atomic E-state index is 0.432. The van der Waals surface area contributed by atoms with E-state index < -0.39 is 0 Å². The SMILES string of the molecule is CCn1ccnc1COc1ccc2c(nnn2CC2CC2)c1Br. The first-order chi connectivity index (χ1) is 11.3. The van der Waals surface area contributed by atoms with Crippen molar-refractivity contribution >= 4 is 27.0 Å². The van der Waals surface area contributed by atoms with Gasteiger partial charge in [0.15, 0.2) is 0 Å². The predicted octanol–water partition coefficient (Wildman–Crippen LogP) is 3.40. The quantitative estimate of drug-likeness (QED) is 0.662. The maximum atomic E-state index is 5.93. The summed E-state index contributed by atoms with van der Waals surface area (Å²) in [7, 11) is 0. The smallest absolute Gasteiger partial charge is 0.146 e. The Morgan fingerprint density at radius 3 is 3.00 bits per heavy atom. The highest BCUT2D eigenvalue weighted by molar-refractivity contribution is 9.10. The van der Waals surface area contributed by atoms with Gasteiger partial charge in [-0.1, -0.05) is 5.21 Å². The molecule has 2 aromatic heterocycles. The lowest BCUT2D eigenvalue weighted by atomic mass is 10.3. The standard InChI is InChI=1S/C16H18BrN5O/c1-2-21-8-7-18-14(21)10-23-13-6-5-12-16(15(13)17)19-20-22(12)9-11-3-4-11/h5-8,11H,2-4,9-10H2,1H3. The zero-order valence-corrected chi connectivity index (χ0v) is 14.5. The van der Waals surface area contributed by atoms with Crippen molar-refractivity contribution in [1.29, 1.82) is 0 Å². The molecule has 120 valence electrons. The third-order valence-electron chi connectivity index (χ3n) is 4.22. The molecule has 6 nitrogen and oxygen atoms in total. The van der Waals surface area contributed by atoms with Crippen molar-refractivity contribution in [2.24, 2.45) is 5.92 Å². The van der Waals surface area contributed by atoms with Gasteiger partial charge in [-0.15, -0.1) is 5.10 Å². The van der Waals surface area contributed by atoms with E-state index in [1.807, 2.05) is 23.0 Å². The average molecular weight is 376 g/mol. The van der Waals surface area contributed by atoms with E-state index in [9.17, 15) is 0 Å². The second-order valence-electron chi connectivity index (χ2n) is 5.88. The highest BCUT2D eigenvalue weighted by Crippen LogP contribution is 2.35. The van der Waals surface area contributed by atoms with Crippen LogP contribution in [0.1, 0.15) is 25.6 Å². The normalized spacial score (nSPS) is 14.5. The molecule has 1 fully saturated rings. The molecule has 0 aliphatic heterocycles. The lowest BCUT2D eigenvalue weighted by molar-refractivity contribution is 0.288. The average Bonchev–Trinajstić information content (AvgIpc) is 3.09. The van der Waals surface area contributed by atoms with Crippen LogP contribution in [0, 0.1) is 5.92 Å². The number of fused-ring (bicyclic) bond motifs is 1. The fourth-order valence-electron chi connectivity index (χ4n) is 2.69. The van der Waals surface area contributed by atoms with Gasteiger partial charge in [-0.2, -0.15) is 0 Å². The first-order valence-electron chi connectivity index (χ1n) is 7.90. The van der Waals surface area contributed by atoms with Crippen LogP contribution in [0.2, 0.25) is 0 Å². The van der Waals surface area contributed by atoms with Gasteiger partial charge >= 0.3 is 0 Å². The number of aryl methyl sites for hydroxylation is 1. The molecule has 0 atom stereocenters. The number of imidazole rings is 1. The van der Waals surface area contributed by atoms with Gasteiger partial charge in [-0.3, -0.25) is 0 Å². The highest BCUT2D eigenvalue weighted by Gasteiger charge is 2.23. The molecular weight excluding hydrogens is 358 g/mol. The monoisotopic (exact) mass is 375 g/mol. The van der Waals surface area contributed by atoms with Crippen LogP contribution in [0.5, 0.6) is 5.75 Å². The van der Waals surface area contributed by atoms with E-state index in [2.05, 4.69) is 42.7 Å². The highest BCUT2D eigenvalue weighted by atomic mass is 79.9. The van der Waals surface area contributed by atoms with E-state index in [-0.39, 0.29) is 0 Å². The van der Waals surface area contributed by atoms with Crippen LogP contribution in [-0.4, -0.2) is 24.5 Å². The number of halogens is 1. The summed E-state index contributed by atoms with van der Waals surface area (Å²) in [4.78, 5) is 4.33. The lowest BCUT2D eigenvalue weighted by Gasteiger charge is -2.09. The summed E-state index contributed by atoms with van der Waals surface area (Å²) >= 11 is 3.61. The Labute approximate surface area is 142 Å². The molecule has 0 amide bonds. The molecule has 0 N–H and O–H groups in total. The van der Waals surface area contributed by atoms with Gasteiger partial charge in [-0.05, 0) is 53.7 Å². The summed E-state index contributed by atoms with van der Waals surface area (Å²) in [6, 6.07) is 4.00. The van der Waals surface area contributed by atoms with E-state index in [1.54, 1.807) is 6.20 Å². The molecule has 2 heterocycles. The van der Waals surface area contributed by atoms with Crippen molar-refractivity contribution in [3.05, 3.63) is 34.8 Å². The van der Waals surface area contributed by atoms with E-state index in [0.717, 1.165) is 46.1 Å². The second kappa shape index (κ2) is 5.96. The number of hydrogen-bond donors (Lipinski definition) is 0. The lowest BCUT2D eigenvalue weighted by Crippen LogP contribution is -2.05. The van der Waals surface area contributed by atoms with E-state index in [4.69, 9.17) is 4.74 Å². The summed E-state index contributed by atoms with van der Waals surface area (Å²) in [5.41, 5.74) is 1.90. The third-order valence-corrected chi connectivity index (χ3v) is 4.98. The Balaban J connectivity index is 1.56. The maximum Gasteiger partial charge on any atom is 0.146 e. The Morgan fingerprint density at radius 2 is 2.22 bits per heavy atom. The van der Waals surface area contributed by atoms with Crippen LogP contribution >= 0.6 is 15.9 Å². The van der Waals surface area contributed by atoms with Gasteiger partial charge in [0, 0.05) is 25.5 Å². The largest absolute Gasteiger partial charge is 0.484 e. The Hall–Kier alpha value is -1.89. The Bertz CT molecular complexity index is 836. The molecule has 0 unspecified atom stereocenters. The second-order valence-corrected chi connectivity index (χ2v) is 6.67. The molecule has 0 radical (unpaired) electrons. The van der Waals surface area contributed by atoms with Crippen molar-refractivity contribution in [3.8, 4) is 5.75 Å². The van der Waals surface area contributed by atoms with E-state index in [1.165, 1.54) is 12.8 Å². The zero-order valence-electron chi connectivity index (χ0n) is 12.9. The summed E-state index contributed by atoms with van der Waals surface area (Å²) in [6.07, 6.45) is 6.35. The first kappa shape index (κ1) is 14.7. The number of rotatable bonds is 6. The van der Waals surface area contributed by atoms with Crippen LogP contribution in [0.4, 0.5) is 0 Å². The van der Waals surface area contributed by atoms with Gasteiger partial charge in [0.05, 0.1) is 9.99 Å². The van der Waals surface area contributed by atoms with Gasteiger partial charge in [0.2, 0.25) is 0 Å². The molecule has 3 aromatic rings. The number of hydrogen-bond acceptors (Lipinski definition) is 4. The molecular formula is C16H18BrN5O. The summed E-state index contributed by atoms with van der Waals surface area (Å²) in [5, 5.41) is 8.58. The van der Waals surface area contributed by atoms with Crippen LogP contribution in [0.25, 0.3) is 11.0 Å². The van der Waals surface area contributed by atoms with Gasteiger partial charge in [0.25, 0.3) is 0 Å². The van der Waals surface area contributed by atoms with Crippen molar-refractivity contribution in [3.63, 3.8) is 0 Å². The molecule has 1 aliphatic rings. The van der Waals surface area contributed by atoms with Gasteiger partial charge in [0.1, 0.15) is 23.7 Å². The van der Waals surface area contributed by atoms with Crippen molar-refractivity contribution in [2.45, 2.75) is 39.5 Å². The van der Waals surface area contributed by atoms with E-state index >= 15 is 0 Å².